The van der Waals surface area contributed by atoms with Crippen molar-refractivity contribution in [2.45, 2.75) is 27.3 Å². The number of carbonyl (C=O) groups is 2. The molecule has 0 radical (unpaired) electrons. The van der Waals surface area contributed by atoms with Crippen LogP contribution < -0.4 is 10.1 Å². The summed E-state index contributed by atoms with van der Waals surface area (Å²) in [5.41, 5.74) is 5.83. The Morgan fingerprint density at radius 3 is 2.46 bits per heavy atom. The molecular formula is C28H26N2O3S2. The molecule has 0 aliphatic carbocycles. The van der Waals surface area contributed by atoms with E-state index in [0.717, 1.165) is 33.5 Å². The Labute approximate surface area is 215 Å². The lowest BCUT2D eigenvalue weighted by Gasteiger charge is -2.14. The second-order valence-corrected chi connectivity index (χ2v) is 10.1. The predicted octanol–water partition coefficient (Wildman–Crippen LogP) is 6.03. The van der Waals surface area contributed by atoms with Crippen LogP contribution in [0.2, 0.25) is 0 Å². The van der Waals surface area contributed by atoms with Crippen LogP contribution in [0, 0.1) is 20.8 Å². The standard InChI is InChI=1S/C28H26N2O3S2/c1-18-12-19(2)26(20(3)13-18)29-25(31)17-33-23-11-7-10-22(14-23)15-24-27(32)30(28(34)35-24)16-21-8-5-4-6-9-21/h4-15H,16-17H2,1-3H3,(H,29,31)/b24-15-. The van der Waals surface area contributed by atoms with Gasteiger partial charge in [-0.3, -0.25) is 14.5 Å². The van der Waals surface area contributed by atoms with Gasteiger partial charge in [0.15, 0.2) is 6.61 Å². The Hall–Kier alpha value is -3.42. The fraction of sp³-hybridized carbons (Fsp3) is 0.179. The molecule has 0 spiro atoms. The maximum atomic E-state index is 12.9. The zero-order chi connectivity index (χ0) is 24.9. The average molecular weight is 503 g/mol. The summed E-state index contributed by atoms with van der Waals surface area (Å²) in [6.07, 6.45) is 1.80. The number of aryl methyl sites for hydroxylation is 3. The maximum absolute atomic E-state index is 12.9. The highest BCUT2D eigenvalue weighted by molar-refractivity contribution is 8.26. The molecule has 0 saturated carbocycles. The van der Waals surface area contributed by atoms with Crippen LogP contribution in [-0.2, 0) is 16.1 Å². The number of ether oxygens (including phenoxy) is 1. The van der Waals surface area contributed by atoms with E-state index in [1.165, 1.54) is 11.8 Å². The van der Waals surface area contributed by atoms with E-state index in [9.17, 15) is 9.59 Å². The topological polar surface area (TPSA) is 58.6 Å². The number of nitrogens with zero attached hydrogens (tertiary/aromatic N) is 1. The van der Waals surface area contributed by atoms with Crippen LogP contribution in [0.1, 0.15) is 27.8 Å². The van der Waals surface area contributed by atoms with Gasteiger partial charge in [-0.15, -0.1) is 0 Å². The monoisotopic (exact) mass is 502 g/mol. The van der Waals surface area contributed by atoms with E-state index < -0.39 is 0 Å². The molecule has 2 amide bonds. The van der Waals surface area contributed by atoms with E-state index in [-0.39, 0.29) is 18.4 Å². The third-order valence-corrected chi connectivity index (χ3v) is 6.90. The first-order chi connectivity index (χ1) is 16.8. The van der Waals surface area contributed by atoms with Crippen molar-refractivity contribution in [2.24, 2.45) is 0 Å². The van der Waals surface area contributed by atoms with E-state index >= 15 is 0 Å². The Morgan fingerprint density at radius 1 is 1.03 bits per heavy atom. The molecule has 1 heterocycles. The molecule has 4 rings (SSSR count). The molecule has 178 valence electrons. The third kappa shape index (κ3) is 6.18. The van der Waals surface area contributed by atoms with Crippen LogP contribution in [0.4, 0.5) is 5.69 Å². The van der Waals surface area contributed by atoms with Crippen molar-refractivity contribution < 1.29 is 14.3 Å². The van der Waals surface area contributed by atoms with Crippen molar-refractivity contribution in [3.05, 3.63) is 99.5 Å². The van der Waals surface area contributed by atoms with Crippen molar-refractivity contribution in [3.8, 4) is 5.75 Å². The number of thiocarbonyl (C=S) groups is 1. The van der Waals surface area contributed by atoms with Crippen LogP contribution in [0.3, 0.4) is 0 Å². The molecule has 35 heavy (non-hydrogen) atoms. The summed E-state index contributed by atoms with van der Waals surface area (Å²) >= 11 is 6.73. The highest BCUT2D eigenvalue weighted by Gasteiger charge is 2.31. The normalized spacial score (nSPS) is 14.5. The van der Waals surface area contributed by atoms with Crippen molar-refractivity contribution >= 4 is 51.9 Å². The summed E-state index contributed by atoms with van der Waals surface area (Å²) in [6.45, 7) is 6.31. The second-order valence-electron chi connectivity index (χ2n) is 8.44. The molecule has 0 bridgehead atoms. The number of hydrogen-bond acceptors (Lipinski definition) is 5. The summed E-state index contributed by atoms with van der Waals surface area (Å²) in [6, 6.07) is 21.2. The van der Waals surface area contributed by atoms with Crippen molar-refractivity contribution in [3.63, 3.8) is 0 Å². The van der Waals surface area contributed by atoms with Gasteiger partial charge in [-0.1, -0.05) is 84.1 Å². The molecule has 1 aliphatic heterocycles. The lowest BCUT2D eigenvalue weighted by atomic mass is 10.1. The number of anilines is 1. The van der Waals surface area contributed by atoms with Gasteiger partial charge in [-0.05, 0) is 61.2 Å². The van der Waals surface area contributed by atoms with Gasteiger partial charge in [0.1, 0.15) is 10.1 Å². The van der Waals surface area contributed by atoms with E-state index in [2.05, 4.69) is 5.32 Å². The smallest absolute Gasteiger partial charge is 0.266 e. The van der Waals surface area contributed by atoms with Gasteiger partial charge in [0.2, 0.25) is 0 Å². The number of benzene rings is 3. The Bertz CT molecular complexity index is 1300. The second kappa shape index (κ2) is 10.9. The van der Waals surface area contributed by atoms with Gasteiger partial charge in [-0.25, -0.2) is 0 Å². The zero-order valence-corrected chi connectivity index (χ0v) is 21.5. The van der Waals surface area contributed by atoms with Crippen LogP contribution in [0.15, 0.2) is 71.6 Å². The molecule has 0 unspecified atom stereocenters. The molecule has 0 aromatic heterocycles. The molecule has 7 heteroatoms. The first-order valence-electron chi connectivity index (χ1n) is 11.2. The van der Waals surface area contributed by atoms with Gasteiger partial charge < -0.3 is 10.1 Å². The van der Waals surface area contributed by atoms with Gasteiger partial charge in [0, 0.05) is 5.69 Å². The fourth-order valence-electron chi connectivity index (χ4n) is 3.95. The fourth-order valence-corrected chi connectivity index (χ4v) is 5.20. The lowest BCUT2D eigenvalue weighted by molar-refractivity contribution is -0.122. The summed E-state index contributed by atoms with van der Waals surface area (Å²) in [7, 11) is 0. The van der Waals surface area contributed by atoms with Crippen LogP contribution in [0.25, 0.3) is 6.08 Å². The molecule has 1 fully saturated rings. The van der Waals surface area contributed by atoms with E-state index in [4.69, 9.17) is 17.0 Å². The zero-order valence-electron chi connectivity index (χ0n) is 19.8. The number of carbonyl (C=O) groups excluding carboxylic acids is 2. The third-order valence-electron chi connectivity index (χ3n) is 5.52. The predicted molar refractivity (Wildman–Crippen MR) is 146 cm³/mol. The lowest BCUT2D eigenvalue weighted by Crippen LogP contribution is -2.27. The van der Waals surface area contributed by atoms with Gasteiger partial charge in [-0.2, -0.15) is 0 Å². The quantitative estimate of drug-likeness (QED) is 0.316. The molecule has 1 N–H and O–H groups in total. The summed E-state index contributed by atoms with van der Waals surface area (Å²) in [5, 5.41) is 2.94. The number of amides is 2. The van der Waals surface area contributed by atoms with Crippen molar-refractivity contribution in [1.29, 1.82) is 0 Å². The largest absolute Gasteiger partial charge is 0.484 e. The van der Waals surface area contributed by atoms with Gasteiger partial charge in [0.05, 0.1) is 11.4 Å². The first kappa shape index (κ1) is 24.7. The van der Waals surface area contributed by atoms with Gasteiger partial charge >= 0.3 is 0 Å². The van der Waals surface area contributed by atoms with E-state index in [0.29, 0.717) is 21.5 Å². The molecular weight excluding hydrogens is 476 g/mol. The molecule has 3 aromatic carbocycles. The number of nitrogens with one attached hydrogen (secondary N) is 1. The number of hydrogen-bond donors (Lipinski definition) is 1. The first-order valence-corrected chi connectivity index (χ1v) is 12.4. The van der Waals surface area contributed by atoms with Crippen LogP contribution >= 0.6 is 24.0 Å². The summed E-state index contributed by atoms with van der Waals surface area (Å²) in [4.78, 5) is 27.6. The number of thioether (sulfide) groups is 1. The molecule has 3 aromatic rings. The summed E-state index contributed by atoms with van der Waals surface area (Å²) < 4.78 is 6.27. The SMILES string of the molecule is Cc1cc(C)c(NC(=O)COc2cccc(/C=C3\SC(=S)N(Cc4ccccc4)C3=O)c2)c(C)c1. The van der Waals surface area contributed by atoms with Crippen molar-refractivity contribution in [1.82, 2.24) is 4.90 Å². The molecule has 1 aliphatic rings. The van der Waals surface area contributed by atoms with Gasteiger partial charge in [0.25, 0.3) is 11.8 Å². The minimum Gasteiger partial charge on any atom is -0.484 e. The Kier molecular flexibility index (Phi) is 7.68. The average Bonchev–Trinajstić information content (AvgIpc) is 3.08. The molecule has 5 nitrogen and oxygen atoms in total. The van der Waals surface area contributed by atoms with E-state index in [1.54, 1.807) is 23.1 Å². The summed E-state index contributed by atoms with van der Waals surface area (Å²) in [5.74, 6) is 0.205. The molecule has 1 saturated heterocycles. The Balaban J connectivity index is 1.40. The maximum Gasteiger partial charge on any atom is 0.266 e. The number of rotatable bonds is 7. The minimum absolute atomic E-state index is 0.113. The van der Waals surface area contributed by atoms with Crippen LogP contribution in [-0.4, -0.2) is 27.6 Å². The Morgan fingerprint density at radius 2 is 1.74 bits per heavy atom. The van der Waals surface area contributed by atoms with E-state index in [1.807, 2.05) is 75.4 Å². The van der Waals surface area contributed by atoms with Crippen LogP contribution in [0.5, 0.6) is 5.75 Å². The van der Waals surface area contributed by atoms with Crippen molar-refractivity contribution in [2.75, 3.05) is 11.9 Å². The highest BCUT2D eigenvalue weighted by Crippen LogP contribution is 2.34. The minimum atomic E-state index is -0.229. The highest BCUT2D eigenvalue weighted by atomic mass is 32.2. The molecule has 0 atom stereocenters.